The van der Waals surface area contributed by atoms with Gasteiger partial charge in [-0.15, -0.1) is 0 Å². The highest BCUT2D eigenvalue weighted by molar-refractivity contribution is 6.02. The zero-order valence-electron chi connectivity index (χ0n) is 21.4. The second-order valence-corrected chi connectivity index (χ2v) is 9.14. The van der Waals surface area contributed by atoms with E-state index < -0.39 is 0 Å². The van der Waals surface area contributed by atoms with Crippen LogP contribution in [0.1, 0.15) is 0 Å². The fourth-order valence-corrected chi connectivity index (χ4v) is 4.69. The number of fused-ring (bicyclic) bond motifs is 1. The summed E-state index contributed by atoms with van der Waals surface area (Å²) in [5, 5.41) is 7.46. The fourth-order valence-electron chi connectivity index (χ4n) is 4.69. The first-order chi connectivity index (χ1) is 18.0. The van der Waals surface area contributed by atoms with Crippen molar-refractivity contribution in [3.63, 3.8) is 0 Å². The van der Waals surface area contributed by atoms with Crippen LogP contribution in [0.15, 0.2) is 67.6 Å². The van der Waals surface area contributed by atoms with Crippen molar-refractivity contribution < 1.29 is 9.53 Å². The molecule has 1 aliphatic heterocycles. The number of ether oxygens (including phenoxy) is 1. The molecule has 0 unspecified atom stereocenters. The van der Waals surface area contributed by atoms with Crippen LogP contribution in [0.2, 0.25) is 0 Å². The molecule has 1 fully saturated rings. The Morgan fingerprint density at radius 1 is 1.05 bits per heavy atom. The summed E-state index contributed by atoms with van der Waals surface area (Å²) < 4.78 is 7.84. The first-order valence-electron chi connectivity index (χ1n) is 12.2. The molecule has 5 rings (SSSR count). The van der Waals surface area contributed by atoms with Gasteiger partial charge in [0.25, 0.3) is 0 Å². The molecule has 0 aliphatic carbocycles. The highest BCUT2D eigenvalue weighted by atomic mass is 16.5. The van der Waals surface area contributed by atoms with Gasteiger partial charge in [-0.3, -0.25) is 4.79 Å². The van der Waals surface area contributed by atoms with Crippen LogP contribution in [0.3, 0.4) is 0 Å². The summed E-state index contributed by atoms with van der Waals surface area (Å²) in [7, 11) is 5.77. The monoisotopic (exact) mass is 497 g/mol. The van der Waals surface area contributed by atoms with E-state index in [4.69, 9.17) is 4.74 Å². The Bertz CT molecular complexity index is 1450. The van der Waals surface area contributed by atoms with Crippen molar-refractivity contribution in [2.75, 3.05) is 55.9 Å². The molecule has 37 heavy (non-hydrogen) atoms. The molecule has 2 N–H and O–H groups in total. The summed E-state index contributed by atoms with van der Waals surface area (Å²) in [6.07, 6.45) is 4.89. The third-order valence-electron chi connectivity index (χ3n) is 6.71. The Hall–Kier alpha value is -4.37. The van der Waals surface area contributed by atoms with E-state index in [0.29, 0.717) is 22.9 Å². The first kappa shape index (κ1) is 24.3. The van der Waals surface area contributed by atoms with E-state index in [1.54, 1.807) is 13.4 Å². The van der Waals surface area contributed by atoms with Crippen LogP contribution in [0.25, 0.3) is 22.2 Å². The number of aryl methyl sites for hydroxylation is 1. The number of anilines is 4. The van der Waals surface area contributed by atoms with Gasteiger partial charge in [0.1, 0.15) is 17.9 Å². The molecular formula is C28H31N7O2. The molecule has 0 bridgehead atoms. The molecule has 0 radical (unpaired) electrons. The fraction of sp³-hybridized carbons (Fsp3) is 0.250. The maximum atomic E-state index is 12.3. The van der Waals surface area contributed by atoms with Crippen LogP contribution in [-0.4, -0.2) is 65.7 Å². The minimum absolute atomic E-state index is 0.272. The predicted octanol–water partition coefficient (Wildman–Crippen LogP) is 4.26. The first-order valence-corrected chi connectivity index (χ1v) is 12.2. The second kappa shape index (κ2) is 10.3. The van der Waals surface area contributed by atoms with Gasteiger partial charge in [-0.2, -0.15) is 0 Å². The topological polar surface area (TPSA) is 87.5 Å². The standard InChI is InChI=1S/C28H31N7O2/c1-5-28(36)32-22-14-23(26(37-4)16-25(22)35-12-10-33(2)11-13-35)31-27-15-21(29-18-30-27)20-17-34(3)24-9-7-6-8-19(20)24/h5-9,14-18H,1,10-13H2,2-4H3,(H,32,36)(H,29,30,31). The zero-order valence-corrected chi connectivity index (χ0v) is 21.4. The average Bonchev–Trinajstić information content (AvgIpc) is 3.26. The van der Waals surface area contributed by atoms with Gasteiger partial charge in [0.05, 0.1) is 29.9 Å². The van der Waals surface area contributed by atoms with Crippen LogP contribution in [0.5, 0.6) is 5.75 Å². The number of likely N-dealkylation sites (N-methyl/N-ethyl adjacent to an activating group) is 1. The molecule has 0 atom stereocenters. The van der Waals surface area contributed by atoms with E-state index in [9.17, 15) is 4.79 Å². The quantitative estimate of drug-likeness (QED) is 0.369. The van der Waals surface area contributed by atoms with Gasteiger partial charge in [0, 0.05) is 68.0 Å². The number of carbonyl (C=O) groups is 1. The van der Waals surface area contributed by atoms with Gasteiger partial charge in [-0.25, -0.2) is 9.97 Å². The molecule has 9 nitrogen and oxygen atoms in total. The smallest absolute Gasteiger partial charge is 0.247 e. The minimum atomic E-state index is -0.272. The lowest BCUT2D eigenvalue weighted by Gasteiger charge is -2.35. The molecule has 0 saturated carbocycles. The molecule has 1 aliphatic rings. The van der Waals surface area contributed by atoms with E-state index in [0.717, 1.165) is 54.0 Å². The number of nitrogens with zero attached hydrogens (tertiary/aromatic N) is 5. The molecule has 2 aromatic heterocycles. The number of benzene rings is 2. The second-order valence-electron chi connectivity index (χ2n) is 9.14. The Kier molecular flexibility index (Phi) is 6.78. The maximum Gasteiger partial charge on any atom is 0.247 e. The lowest BCUT2D eigenvalue weighted by molar-refractivity contribution is -0.111. The Morgan fingerprint density at radius 3 is 2.59 bits per heavy atom. The van der Waals surface area contributed by atoms with Gasteiger partial charge in [0.2, 0.25) is 5.91 Å². The number of hydrogen-bond acceptors (Lipinski definition) is 7. The van der Waals surface area contributed by atoms with E-state index in [1.807, 2.05) is 37.4 Å². The Morgan fingerprint density at radius 2 is 1.84 bits per heavy atom. The average molecular weight is 498 g/mol. The molecule has 1 amide bonds. The summed E-state index contributed by atoms with van der Waals surface area (Å²) >= 11 is 0. The molecule has 0 spiro atoms. The van der Waals surface area contributed by atoms with Crippen molar-refractivity contribution in [3.8, 4) is 17.0 Å². The van der Waals surface area contributed by atoms with Crippen LogP contribution in [-0.2, 0) is 11.8 Å². The SMILES string of the molecule is C=CC(=O)Nc1cc(Nc2cc(-c3cn(C)c4ccccc34)ncn2)c(OC)cc1N1CCN(C)CC1. The third kappa shape index (κ3) is 4.99. The minimum Gasteiger partial charge on any atom is -0.494 e. The molecule has 3 heterocycles. The highest BCUT2D eigenvalue weighted by Crippen LogP contribution is 2.39. The number of carbonyl (C=O) groups excluding carboxylic acids is 1. The summed E-state index contributed by atoms with van der Waals surface area (Å²) in [5.74, 6) is 0.993. The van der Waals surface area contributed by atoms with Crippen molar-refractivity contribution in [2.24, 2.45) is 7.05 Å². The molecule has 2 aromatic carbocycles. The summed E-state index contributed by atoms with van der Waals surface area (Å²) in [5.41, 5.74) is 5.24. The maximum absolute atomic E-state index is 12.3. The molecular weight excluding hydrogens is 466 g/mol. The van der Waals surface area contributed by atoms with E-state index >= 15 is 0 Å². The summed E-state index contributed by atoms with van der Waals surface area (Å²) in [6, 6.07) is 14.0. The van der Waals surface area contributed by atoms with Crippen molar-refractivity contribution in [1.82, 2.24) is 19.4 Å². The van der Waals surface area contributed by atoms with Gasteiger partial charge < -0.3 is 29.7 Å². The summed E-state index contributed by atoms with van der Waals surface area (Å²) in [4.78, 5) is 25.8. The summed E-state index contributed by atoms with van der Waals surface area (Å²) in [6.45, 7) is 7.18. The van der Waals surface area contributed by atoms with Crippen molar-refractivity contribution in [2.45, 2.75) is 0 Å². The van der Waals surface area contributed by atoms with Crippen LogP contribution >= 0.6 is 0 Å². The molecule has 1 saturated heterocycles. The number of rotatable bonds is 7. The molecule has 190 valence electrons. The van der Waals surface area contributed by atoms with Gasteiger partial charge in [-0.1, -0.05) is 24.8 Å². The number of amides is 1. The van der Waals surface area contributed by atoms with Crippen LogP contribution < -0.4 is 20.3 Å². The number of methoxy groups -OCH3 is 1. The number of piperazine rings is 1. The predicted molar refractivity (Wildman–Crippen MR) is 149 cm³/mol. The molecule has 9 heteroatoms. The van der Waals surface area contributed by atoms with E-state index in [2.05, 4.69) is 66.9 Å². The highest BCUT2D eigenvalue weighted by Gasteiger charge is 2.21. The van der Waals surface area contributed by atoms with Crippen molar-refractivity contribution in [1.29, 1.82) is 0 Å². The third-order valence-corrected chi connectivity index (χ3v) is 6.71. The normalized spacial score (nSPS) is 14.0. The lowest BCUT2D eigenvalue weighted by Crippen LogP contribution is -2.44. The van der Waals surface area contributed by atoms with Gasteiger partial charge in [-0.05, 0) is 25.3 Å². The number of nitrogens with one attached hydrogen (secondary N) is 2. The van der Waals surface area contributed by atoms with Crippen molar-refractivity contribution >= 4 is 39.7 Å². The number of aromatic nitrogens is 3. The van der Waals surface area contributed by atoms with E-state index in [-0.39, 0.29) is 5.91 Å². The number of para-hydroxylation sites is 1. The largest absolute Gasteiger partial charge is 0.494 e. The lowest BCUT2D eigenvalue weighted by atomic mass is 10.1. The molecule has 4 aromatic rings. The Labute approximate surface area is 216 Å². The van der Waals surface area contributed by atoms with Crippen LogP contribution in [0, 0.1) is 0 Å². The van der Waals surface area contributed by atoms with E-state index in [1.165, 1.54) is 6.08 Å². The van der Waals surface area contributed by atoms with Crippen molar-refractivity contribution in [3.05, 3.63) is 67.6 Å². The van der Waals surface area contributed by atoms with Crippen LogP contribution in [0.4, 0.5) is 22.9 Å². The zero-order chi connectivity index (χ0) is 25.9. The Balaban J connectivity index is 1.51. The van der Waals surface area contributed by atoms with Gasteiger partial charge in [0.15, 0.2) is 0 Å². The number of hydrogen-bond donors (Lipinski definition) is 2. The van der Waals surface area contributed by atoms with Gasteiger partial charge >= 0.3 is 0 Å².